The summed E-state index contributed by atoms with van der Waals surface area (Å²) in [5, 5.41) is 3.94. The van der Waals surface area contributed by atoms with Gasteiger partial charge >= 0.3 is 0 Å². The molecular weight excluding hydrogens is 521 g/mol. The van der Waals surface area contributed by atoms with Crippen molar-refractivity contribution in [2.75, 3.05) is 17.1 Å². The highest BCUT2D eigenvalue weighted by molar-refractivity contribution is 7.92. The van der Waals surface area contributed by atoms with Gasteiger partial charge in [0.1, 0.15) is 12.6 Å². The van der Waals surface area contributed by atoms with Crippen LogP contribution in [0, 0.1) is 6.92 Å². The van der Waals surface area contributed by atoms with Gasteiger partial charge in [-0.2, -0.15) is 0 Å². The van der Waals surface area contributed by atoms with Crippen molar-refractivity contribution in [3.63, 3.8) is 0 Å². The Labute approximate surface area is 223 Å². The maximum Gasteiger partial charge on any atom is 0.244 e. The number of hydrogen-bond acceptors (Lipinski definition) is 4. The molecule has 2 aromatic rings. The summed E-state index contributed by atoms with van der Waals surface area (Å²) in [6.07, 6.45) is 5.36. The SMILES string of the molecule is CC[C@@H](C(=O)NC1CCCC1)N(Cc1ccccc1Cl)C(=O)CN(c1cccc(Cl)c1C)S(C)(=O)=O. The maximum absolute atomic E-state index is 13.8. The van der Waals surface area contributed by atoms with Crippen LogP contribution in [0.25, 0.3) is 0 Å². The van der Waals surface area contributed by atoms with E-state index < -0.39 is 28.5 Å². The molecule has 3 rings (SSSR count). The predicted octanol–water partition coefficient (Wildman–Crippen LogP) is 4.93. The van der Waals surface area contributed by atoms with Crippen LogP contribution in [0.5, 0.6) is 0 Å². The van der Waals surface area contributed by atoms with E-state index in [1.54, 1.807) is 43.3 Å². The van der Waals surface area contributed by atoms with Gasteiger partial charge in [0.2, 0.25) is 21.8 Å². The van der Waals surface area contributed by atoms with Crippen LogP contribution < -0.4 is 9.62 Å². The van der Waals surface area contributed by atoms with E-state index in [9.17, 15) is 18.0 Å². The Morgan fingerprint density at radius 3 is 2.31 bits per heavy atom. The van der Waals surface area contributed by atoms with Crippen molar-refractivity contribution >= 4 is 50.7 Å². The zero-order valence-electron chi connectivity index (χ0n) is 20.8. The standard InChI is InChI=1S/C26H33Cl2N3O4S/c1-4-23(26(33)29-20-11-6-7-12-20)30(16-19-10-5-8-13-22(19)28)25(32)17-31(36(3,34)35)24-15-9-14-21(27)18(24)2/h5,8-10,13-15,20,23H,4,6-7,11-12,16-17H2,1-3H3,(H,29,33)/t23-/m0/s1. The molecule has 0 unspecified atom stereocenters. The van der Waals surface area contributed by atoms with Gasteiger partial charge < -0.3 is 10.2 Å². The minimum atomic E-state index is -3.84. The molecule has 196 valence electrons. The van der Waals surface area contributed by atoms with Crippen LogP contribution in [0.2, 0.25) is 10.0 Å². The second-order valence-corrected chi connectivity index (χ2v) is 11.9. The highest BCUT2D eigenvalue weighted by Gasteiger charge is 2.33. The van der Waals surface area contributed by atoms with Crippen LogP contribution in [0.1, 0.15) is 50.2 Å². The first-order valence-electron chi connectivity index (χ1n) is 12.1. The molecule has 0 radical (unpaired) electrons. The average molecular weight is 555 g/mol. The molecule has 0 aromatic heterocycles. The van der Waals surface area contributed by atoms with Crippen molar-refractivity contribution in [3.8, 4) is 0 Å². The third kappa shape index (κ3) is 6.93. The van der Waals surface area contributed by atoms with Crippen molar-refractivity contribution in [2.24, 2.45) is 0 Å². The van der Waals surface area contributed by atoms with Crippen LogP contribution >= 0.6 is 23.2 Å². The second kappa shape index (κ2) is 12.3. The van der Waals surface area contributed by atoms with Crippen molar-refractivity contribution in [3.05, 3.63) is 63.6 Å². The second-order valence-electron chi connectivity index (χ2n) is 9.18. The van der Waals surface area contributed by atoms with Crippen LogP contribution in [-0.2, 0) is 26.2 Å². The number of benzene rings is 2. The Morgan fingerprint density at radius 2 is 1.69 bits per heavy atom. The smallest absolute Gasteiger partial charge is 0.244 e. The van der Waals surface area contributed by atoms with E-state index in [1.165, 1.54) is 4.90 Å². The van der Waals surface area contributed by atoms with Gasteiger partial charge in [0, 0.05) is 22.6 Å². The van der Waals surface area contributed by atoms with Gasteiger partial charge in [-0.1, -0.05) is 67.2 Å². The number of carbonyl (C=O) groups excluding carboxylic acids is 2. The number of amides is 2. The molecule has 7 nitrogen and oxygen atoms in total. The minimum Gasteiger partial charge on any atom is -0.352 e. The van der Waals surface area contributed by atoms with E-state index in [2.05, 4.69) is 5.32 Å². The third-order valence-corrected chi connectivity index (χ3v) is 8.48. The van der Waals surface area contributed by atoms with E-state index in [0.717, 1.165) is 36.2 Å². The van der Waals surface area contributed by atoms with Gasteiger partial charge in [0.25, 0.3) is 0 Å². The molecule has 2 aromatic carbocycles. The molecule has 10 heteroatoms. The Hall–Kier alpha value is -2.29. The third-order valence-electron chi connectivity index (χ3n) is 6.57. The van der Waals surface area contributed by atoms with Crippen LogP contribution in [-0.4, -0.2) is 50.0 Å². The first kappa shape index (κ1) is 28.3. The normalized spacial score (nSPS) is 14.9. The Morgan fingerprint density at radius 1 is 1.06 bits per heavy atom. The highest BCUT2D eigenvalue weighted by atomic mass is 35.5. The van der Waals surface area contributed by atoms with E-state index in [1.807, 2.05) is 13.0 Å². The number of hydrogen-bond donors (Lipinski definition) is 1. The molecule has 0 heterocycles. The van der Waals surface area contributed by atoms with Gasteiger partial charge in [-0.3, -0.25) is 13.9 Å². The van der Waals surface area contributed by atoms with Crippen molar-refractivity contribution in [1.29, 1.82) is 0 Å². The lowest BCUT2D eigenvalue weighted by molar-refractivity contribution is -0.140. The summed E-state index contributed by atoms with van der Waals surface area (Å²) in [7, 11) is -3.84. The van der Waals surface area contributed by atoms with Gasteiger partial charge in [0.05, 0.1) is 11.9 Å². The number of nitrogens with zero attached hydrogens (tertiary/aromatic N) is 2. The van der Waals surface area contributed by atoms with E-state index in [-0.39, 0.29) is 18.5 Å². The van der Waals surface area contributed by atoms with Crippen LogP contribution in [0.4, 0.5) is 5.69 Å². The molecular formula is C26H33Cl2N3O4S. The molecule has 1 atom stereocenters. The Balaban J connectivity index is 1.96. The number of sulfonamides is 1. The molecule has 1 aliphatic rings. The van der Waals surface area contributed by atoms with E-state index >= 15 is 0 Å². The summed E-state index contributed by atoms with van der Waals surface area (Å²) in [5.41, 5.74) is 1.53. The van der Waals surface area contributed by atoms with Crippen molar-refractivity contribution in [2.45, 2.75) is 64.6 Å². The lowest BCUT2D eigenvalue weighted by Gasteiger charge is -2.34. The maximum atomic E-state index is 13.8. The molecule has 1 aliphatic carbocycles. The number of rotatable bonds is 10. The summed E-state index contributed by atoms with van der Waals surface area (Å²) < 4.78 is 26.6. The lowest BCUT2D eigenvalue weighted by atomic mass is 10.1. The summed E-state index contributed by atoms with van der Waals surface area (Å²) >= 11 is 12.6. The molecule has 0 spiro atoms. The highest BCUT2D eigenvalue weighted by Crippen LogP contribution is 2.29. The minimum absolute atomic E-state index is 0.0707. The molecule has 0 bridgehead atoms. The number of halogens is 2. The summed E-state index contributed by atoms with van der Waals surface area (Å²) in [4.78, 5) is 28.5. The topological polar surface area (TPSA) is 86.8 Å². The summed E-state index contributed by atoms with van der Waals surface area (Å²) in [5.74, 6) is -0.747. The Kier molecular flexibility index (Phi) is 9.66. The monoisotopic (exact) mass is 553 g/mol. The molecule has 1 N–H and O–H groups in total. The van der Waals surface area contributed by atoms with Gasteiger partial charge in [0.15, 0.2) is 0 Å². The quantitative estimate of drug-likeness (QED) is 0.451. The summed E-state index contributed by atoms with van der Waals surface area (Å²) in [6, 6.07) is 11.3. The zero-order chi connectivity index (χ0) is 26.5. The van der Waals surface area contributed by atoms with Crippen LogP contribution in [0.3, 0.4) is 0 Å². The van der Waals surface area contributed by atoms with Gasteiger partial charge in [-0.25, -0.2) is 8.42 Å². The van der Waals surface area contributed by atoms with Crippen LogP contribution in [0.15, 0.2) is 42.5 Å². The Bertz CT molecular complexity index is 1200. The molecule has 1 saturated carbocycles. The van der Waals surface area contributed by atoms with Crippen molar-refractivity contribution < 1.29 is 18.0 Å². The van der Waals surface area contributed by atoms with Crippen molar-refractivity contribution in [1.82, 2.24) is 10.2 Å². The fourth-order valence-corrected chi connectivity index (χ4v) is 5.82. The zero-order valence-corrected chi connectivity index (χ0v) is 23.2. The van der Waals surface area contributed by atoms with E-state index in [0.29, 0.717) is 33.3 Å². The van der Waals surface area contributed by atoms with E-state index in [4.69, 9.17) is 23.2 Å². The molecule has 2 amide bonds. The first-order valence-corrected chi connectivity index (χ1v) is 14.7. The number of carbonyl (C=O) groups is 2. The average Bonchev–Trinajstić information content (AvgIpc) is 3.33. The first-order chi connectivity index (χ1) is 17.0. The number of anilines is 1. The molecule has 0 aliphatic heterocycles. The molecule has 0 saturated heterocycles. The fourth-order valence-electron chi connectivity index (χ4n) is 4.56. The molecule has 1 fully saturated rings. The molecule has 36 heavy (non-hydrogen) atoms. The fraction of sp³-hybridized carbons (Fsp3) is 0.462. The summed E-state index contributed by atoms with van der Waals surface area (Å²) in [6.45, 7) is 3.13. The lowest BCUT2D eigenvalue weighted by Crippen LogP contribution is -2.53. The van der Waals surface area contributed by atoms with Gasteiger partial charge in [-0.15, -0.1) is 0 Å². The van der Waals surface area contributed by atoms with Gasteiger partial charge in [-0.05, 0) is 55.5 Å². The largest absolute Gasteiger partial charge is 0.352 e. The predicted molar refractivity (Wildman–Crippen MR) is 145 cm³/mol. The number of nitrogens with one attached hydrogen (secondary N) is 1.